The quantitative estimate of drug-likeness (QED) is 0.342. The van der Waals surface area contributed by atoms with Gasteiger partial charge in [0.1, 0.15) is 17.3 Å². The van der Waals surface area contributed by atoms with Crippen molar-refractivity contribution in [3.05, 3.63) is 51.9 Å². The fraction of sp³-hybridized carbons (Fsp3) is 0.533. The molecule has 39 heavy (non-hydrogen) atoms. The van der Waals surface area contributed by atoms with Crippen molar-refractivity contribution in [3.8, 4) is 11.4 Å². The van der Waals surface area contributed by atoms with Crippen LogP contribution in [0.1, 0.15) is 58.1 Å². The van der Waals surface area contributed by atoms with E-state index < -0.39 is 23.6 Å². The molecule has 0 amide bonds. The number of aliphatic imine (C=N–C) groups is 1. The lowest BCUT2D eigenvalue weighted by molar-refractivity contribution is -0.159. The minimum Gasteiger partial charge on any atom is -0.459 e. The highest BCUT2D eigenvalue weighted by Gasteiger charge is 2.27. The highest BCUT2D eigenvalue weighted by molar-refractivity contribution is 5.90. The molecular formula is C30H40N4O5. The van der Waals surface area contributed by atoms with E-state index in [1.807, 2.05) is 31.3 Å². The third-order valence-electron chi connectivity index (χ3n) is 6.83. The normalized spacial score (nSPS) is 18.0. The number of esters is 1. The Balaban J connectivity index is 1.67. The molecular weight excluding hydrogens is 496 g/mol. The molecule has 3 heterocycles. The number of nitrogens with zero attached hydrogens (tertiary/aromatic N) is 4. The van der Waals surface area contributed by atoms with Gasteiger partial charge in [-0.25, -0.2) is 4.98 Å². The SMILES string of the molecule is Cc1cc(-c2nc3ccc(C/N=C/C(C(=O)OC(C)(C)C)[C@@H](C)O)cc3n2CC2CCCCO2)cn(C)c1=O. The molecule has 0 radical (unpaired) electrons. The van der Waals surface area contributed by atoms with Crippen molar-refractivity contribution in [2.75, 3.05) is 6.61 Å². The van der Waals surface area contributed by atoms with Gasteiger partial charge < -0.3 is 23.7 Å². The lowest BCUT2D eigenvalue weighted by Crippen LogP contribution is -2.34. The molecule has 9 heteroatoms. The maximum Gasteiger partial charge on any atom is 0.317 e. The zero-order valence-corrected chi connectivity index (χ0v) is 23.8. The van der Waals surface area contributed by atoms with Gasteiger partial charge in [0.15, 0.2) is 0 Å². The summed E-state index contributed by atoms with van der Waals surface area (Å²) in [4.78, 5) is 34.3. The number of carbonyl (C=O) groups excluding carboxylic acids is 1. The molecule has 210 valence electrons. The van der Waals surface area contributed by atoms with E-state index in [0.717, 1.165) is 53.9 Å². The first kappa shape index (κ1) is 28.7. The van der Waals surface area contributed by atoms with E-state index in [0.29, 0.717) is 18.7 Å². The van der Waals surface area contributed by atoms with Gasteiger partial charge in [-0.3, -0.25) is 14.6 Å². The third-order valence-corrected chi connectivity index (χ3v) is 6.83. The van der Waals surface area contributed by atoms with E-state index >= 15 is 0 Å². The number of carbonyl (C=O) groups is 1. The Labute approximate surface area is 229 Å². The molecule has 1 saturated heterocycles. The minimum atomic E-state index is -0.921. The average molecular weight is 537 g/mol. The van der Waals surface area contributed by atoms with Crippen LogP contribution in [-0.4, -0.2) is 55.8 Å². The molecule has 4 rings (SSSR count). The third kappa shape index (κ3) is 7.02. The fourth-order valence-electron chi connectivity index (χ4n) is 4.85. The second-order valence-electron chi connectivity index (χ2n) is 11.5. The van der Waals surface area contributed by atoms with Gasteiger partial charge in [-0.15, -0.1) is 0 Å². The van der Waals surface area contributed by atoms with Crippen molar-refractivity contribution in [2.24, 2.45) is 18.0 Å². The number of ether oxygens (including phenoxy) is 2. The summed E-state index contributed by atoms with van der Waals surface area (Å²) in [7, 11) is 1.75. The van der Waals surface area contributed by atoms with Crippen LogP contribution in [0.4, 0.5) is 0 Å². The maximum atomic E-state index is 12.5. The van der Waals surface area contributed by atoms with E-state index in [2.05, 4.69) is 15.6 Å². The molecule has 0 aliphatic carbocycles. The molecule has 0 bridgehead atoms. The fourth-order valence-corrected chi connectivity index (χ4v) is 4.85. The van der Waals surface area contributed by atoms with Gasteiger partial charge in [-0.05, 0) is 77.6 Å². The Hall–Kier alpha value is -3.30. The molecule has 1 aromatic carbocycles. The lowest BCUT2D eigenvalue weighted by atomic mass is 10.1. The predicted molar refractivity (Wildman–Crippen MR) is 152 cm³/mol. The Morgan fingerprint density at radius 3 is 2.72 bits per heavy atom. The van der Waals surface area contributed by atoms with Crippen LogP contribution in [0.2, 0.25) is 0 Å². The summed E-state index contributed by atoms with van der Waals surface area (Å²) >= 11 is 0. The second-order valence-corrected chi connectivity index (χ2v) is 11.5. The highest BCUT2D eigenvalue weighted by Crippen LogP contribution is 2.28. The number of pyridine rings is 1. The van der Waals surface area contributed by atoms with Crippen molar-refractivity contribution >= 4 is 23.2 Å². The van der Waals surface area contributed by atoms with Crippen molar-refractivity contribution < 1.29 is 19.4 Å². The summed E-state index contributed by atoms with van der Waals surface area (Å²) in [5.41, 5.74) is 3.60. The minimum absolute atomic E-state index is 0.0287. The highest BCUT2D eigenvalue weighted by atomic mass is 16.6. The Morgan fingerprint density at radius 2 is 2.08 bits per heavy atom. The molecule has 2 unspecified atom stereocenters. The van der Waals surface area contributed by atoms with E-state index in [9.17, 15) is 14.7 Å². The van der Waals surface area contributed by atoms with Gasteiger partial charge in [0.2, 0.25) is 0 Å². The summed E-state index contributed by atoms with van der Waals surface area (Å²) in [6.45, 7) is 10.5. The molecule has 0 spiro atoms. The Kier molecular flexibility index (Phi) is 8.71. The van der Waals surface area contributed by atoms with Crippen molar-refractivity contribution in [2.45, 2.75) is 84.8 Å². The van der Waals surface area contributed by atoms with Crippen LogP contribution < -0.4 is 5.56 Å². The van der Waals surface area contributed by atoms with E-state index in [1.54, 1.807) is 39.3 Å². The Bertz CT molecular complexity index is 1380. The smallest absolute Gasteiger partial charge is 0.317 e. The maximum absolute atomic E-state index is 12.5. The number of hydrogen-bond donors (Lipinski definition) is 1. The standard InChI is InChI=1S/C30H40N4O5/c1-19-13-22(17-33(6)28(19)36)27-32-25-11-10-21(14-26(25)34(27)18-23-9-7-8-12-38-23)15-31-16-24(20(2)35)29(37)39-30(3,4)5/h10-11,13-14,16-17,20,23-24,35H,7-9,12,15,18H2,1-6H3/b31-16+/t20-,23?,24?/m1/s1. The molecule has 1 aliphatic heterocycles. The van der Waals surface area contributed by atoms with Crippen LogP contribution in [0, 0.1) is 12.8 Å². The van der Waals surface area contributed by atoms with Gasteiger partial charge >= 0.3 is 5.97 Å². The average Bonchev–Trinajstić information content (AvgIpc) is 3.21. The van der Waals surface area contributed by atoms with Crippen LogP contribution >= 0.6 is 0 Å². The number of fused-ring (bicyclic) bond motifs is 1. The molecule has 3 aromatic rings. The number of hydrogen-bond acceptors (Lipinski definition) is 7. The number of aliphatic hydroxyl groups is 1. The first-order valence-electron chi connectivity index (χ1n) is 13.6. The molecule has 3 atom stereocenters. The number of aryl methyl sites for hydroxylation is 2. The van der Waals surface area contributed by atoms with Crippen LogP contribution in [0.15, 0.2) is 40.2 Å². The Morgan fingerprint density at radius 1 is 1.31 bits per heavy atom. The van der Waals surface area contributed by atoms with E-state index in [1.165, 1.54) is 6.21 Å². The summed E-state index contributed by atoms with van der Waals surface area (Å²) < 4.78 is 15.3. The number of imidazole rings is 1. The monoisotopic (exact) mass is 536 g/mol. The summed E-state index contributed by atoms with van der Waals surface area (Å²) in [6, 6.07) is 7.89. The lowest BCUT2D eigenvalue weighted by Gasteiger charge is -2.24. The number of aliphatic hydroxyl groups excluding tert-OH is 1. The van der Waals surface area contributed by atoms with E-state index in [-0.39, 0.29) is 11.7 Å². The van der Waals surface area contributed by atoms with Gasteiger partial charge in [0.05, 0.1) is 36.3 Å². The van der Waals surface area contributed by atoms with Crippen molar-refractivity contribution in [1.29, 1.82) is 0 Å². The van der Waals surface area contributed by atoms with Gasteiger partial charge in [-0.1, -0.05) is 6.07 Å². The van der Waals surface area contributed by atoms with Crippen LogP contribution in [0.5, 0.6) is 0 Å². The molecule has 2 aromatic heterocycles. The van der Waals surface area contributed by atoms with E-state index in [4.69, 9.17) is 14.5 Å². The first-order chi connectivity index (χ1) is 18.4. The predicted octanol–water partition coefficient (Wildman–Crippen LogP) is 4.19. The van der Waals surface area contributed by atoms with Crippen LogP contribution in [0.3, 0.4) is 0 Å². The number of aromatic nitrogens is 3. The number of benzene rings is 1. The summed E-state index contributed by atoms with van der Waals surface area (Å²) in [5.74, 6) is -0.557. The van der Waals surface area contributed by atoms with Crippen LogP contribution in [-0.2, 0) is 34.4 Å². The summed E-state index contributed by atoms with van der Waals surface area (Å²) in [6.07, 6.45) is 5.67. The second kappa shape index (κ2) is 11.8. The van der Waals surface area contributed by atoms with Gasteiger partial charge in [0.25, 0.3) is 5.56 Å². The summed E-state index contributed by atoms with van der Waals surface area (Å²) in [5, 5.41) is 10.1. The first-order valence-corrected chi connectivity index (χ1v) is 13.6. The van der Waals surface area contributed by atoms with Gasteiger partial charge in [-0.2, -0.15) is 0 Å². The molecule has 1 aliphatic rings. The molecule has 1 fully saturated rings. The zero-order chi connectivity index (χ0) is 28.3. The zero-order valence-electron chi connectivity index (χ0n) is 23.8. The van der Waals surface area contributed by atoms with Crippen molar-refractivity contribution in [1.82, 2.24) is 14.1 Å². The van der Waals surface area contributed by atoms with Crippen LogP contribution in [0.25, 0.3) is 22.4 Å². The van der Waals surface area contributed by atoms with Gasteiger partial charge in [0, 0.05) is 37.2 Å². The molecule has 1 N–H and O–H groups in total. The topological polar surface area (TPSA) is 108 Å². The largest absolute Gasteiger partial charge is 0.459 e. The number of rotatable bonds is 8. The van der Waals surface area contributed by atoms with Crippen molar-refractivity contribution in [3.63, 3.8) is 0 Å². The molecule has 0 saturated carbocycles. The molecule has 9 nitrogen and oxygen atoms in total.